The second-order valence-electron chi connectivity index (χ2n) is 6.03. The molecule has 1 aromatic heterocycles. The molecular formula is C18H23BrN2O5. The van der Waals surface area contributed by atoms with Crippen molar-refractivity contribution in [1.82, 2.24) is 4.98 Å². The molecule has 0 aliphatic carbocycles. The molecule has 26 heavy (non-hydrogen) atoms. The van der Waals surface area contributed by atoms with E-state index < -0.39 is 5.97 Å². The molecule has 8 heteroatoms. The van der Waals surface area contributed by atoms with E-state index >= 15 is 0 Å². The molecule has 0 spiro atoms. The van der Waals surface area contributed by atoms with Crippen molar-refractivity contribution in [3.63, 3.8) is 0 Å². The van der Waals surface area contributed by atoms with Gasteiger partial charge in [-0.25, -0.2) is 4.79 Å². The molecule has 2 aromatic rings. The third kappa shape index (κ3) is 3.84. The molecule has 0 radical (unpaired) electrons. The Hall–Kier alpha value is -1.71. The number of benzene rings is 1. The molecule has 1 heterocycles. The van der Waals surface area contributed by atoms with Gasteiger partial charge in [0.15, 0.2) is 0 Å². The number of aliphatic hydroxyl groups excluding tert-OH is 3. The molecule has 0 unspecified atom stereocenters. The monoisotopic (exact) mass is 426 g/mol. The van der Waals surface area contributed by atoms with Crippen LogP contribution in [-0.4, -0.2) is 32.4 Å². The Morgan fingerprint density at radius 1 is 1.19 bits per heavy atom. The highest BCUT2D eigenvalue weighted by Crippen LogP contribution is 2.39. The summed E-state index contributed by atoms with van der Waals surface area (Å²) in [6, 6.07) is 3.40. The maximum Gasteiger partial charge on any atom is 0.356 e. The van der Waals surface area contributed by atoms with Gasteiger partial charge < -0.3 is 30.8 Å². The molecule has 0 amide bonds. The molecule has 0 saturated carbocycles. The quantitative estimate of drug-likeness (QED) is 0.430. The molecule has 1 aromatic carbocycles. The molecule has 0 atom stereocenters. The van der Waals surface area contributed by atoms with E-state index in [4.69, 9.17) is 10.5 Å². The number of esters is 1. The van der Waals surface area contributed by atoms with Gasteiger partial charge in [0, 0.05) is 17.8 Å². The predicted octanol–water partition coefficient (Wildman–Crippen LogP) is 1.94. The average molecular weight is 427 g/mol. The fourth-order valence-corrected chi connectivity index (χ4v) is 3.59. The standard InChI is InChI=1S/C18H23BrN2O5/c1-9(2)26-18(25)17-16(19)15(14(5-20)21-17)11-4-3-10(6-22)12(7-23)13(11)8-24/h3-4,9,21-24H,5-8,20H2,1-2H3. The van der Waals surface area contributed by atoms with Gasteiger partial charge in [-0.3, -0.25) is 0 Å². The number of hydrogen-bond acceptors (Lipinski definition) is 6. The molecule has 0 aliphatic rings. The summed E-state index contributed by atoms with van der Waals surface area (Å²) in [5.41, 5.74) is 9.33. The zero-order valence-corrected chi connectivity index (χ0v) is 16.3. The van der Waals surface area contributed by atoms with Crippen molar-refractivity contribution in [1.29, 1.82) is 0 Å². The summed E-state index contributed by atoms with van der Waals surface area (Å²) >= 11 is 3.43. The number of halogens is 1. The second-order valence-corrected chi connectivity index (χ2v) is 6.82. The number of carbonyl (C=O) groups excluding carboxylic acids is 1. The Balaban J connectivity index is 2.69. The first-order valence-corrected chi connectivity index (χ1v) is 8.96. The predicted molar refractivity (Wildman–Crippen MR) is 100 cm³/mol. The number of ether oxygens (including phenoxy) is 1. The van der Waals surface area contributed by atoms with Crippen molar-refractivity contribution >= 4 is 21.9 Å². The van der Waals surface area contributed by atoms with Gasteiger partial charge in [0.1, 0.15) is 5.69 Å². The lowest BCUT2D eigenvalue weighted by molar-refractivity contribution is 0.0370. The summed E-state index contributed by atoms with van der Waals surface area (Å²) in [6.45, 7) is 2.71. The number of H-pyrrole nitrogens is 1. The van der Waals surface area contributed by atoms with Crippen LogP contribution in [0.2, 0.25) is 0 Å². The molecule has 7 nitrogen and oxygen atoms in total. The number of rotatable bonds is 7. The third-order valence-corrected chi connectivity index (χ3v) is 4.84. The van der Waals surface area contributed by atoms with E-state index in [1.807, 2.05) is 0 Å². The van der Waals surface area contributed by atoms with Gasteiger partial charge in [-0.05, 0) is 52.0 Å². The van der Waals surface area contributed by atoms with Crippen molar-refractivity contribution in [3.05, 3.63) is 44.7 Å². The molecule has 142 valence electrons. The molecule has 0 saturated heterocycles. The maximum absolute atomic E-state index is 12.3. The first-order valence-electron chi connectivity index (χ1n) is 8.17. The zero-order chi connectivity index (χ0) is 19.4. The highest BCUT2D eigenvalue weighted by atomic mass is 79.9. The highest BCUT2D eigenvalue weighted by Gasteiger charge is 2.25. The number of nitrogens with two attached hydrogens (primary N) is 1. The minimum Gasteiger partial charge on any atom is -0.458 e. The van der Waals surface area contributed by atoms with Gasteiger partial charge in [0.2, 0.25) is 0 Å². The number of hydrogen-bond donors (Lipinski definition) is 5. The van der Waals surface area contributed by atoms with Crippen molar-refractivity contribution in [2.75, 3.05) is 0 Å². The Kier molecular flexibility index (Phi) is 6.96. The van der Waals surface area contributed by atoms with Gasteiger partial charge >= 0.3 is 5.97 Å². The summed E-state index contributed by atoms with van der Waals surface area (Å²) in [6.07, 6.45) is -0.277. The van der Waals surface area contributed by atoms with Gasteiger partial charge in [0.05, 0.1) is 30.4 Å². The van der Waals surface area contributed by atoms with E-state index in [1.165, 1.54) is 0 Å². The normalized spacial score (nSPS) is 11.2. The van der Waals surface area contributed by atoms with Gasteiger partial charge in [-0.2, -0.15) is 0 Å². The van der Waals surface area contributed by atoms with E-state index in [2.05, 4.69) is 20.9 Å². The highest BCUT2D eigenvalue weighted by molar-refractivity contribution is 9.10. The minimum atomic E-state index is -0.521. The molecule has 0 fully saturated rings. The molecule has 0 aliphatic heterocycles. The van der Waals surface area contributed by atoms with Crippen molar-refractivity contribution in [2.45, 2.75) is 46.3 Å². The largest absolute Gasteiger partial charge is 0.458 e. The van der Waals surface area contributed by atoms with Crippen molar-refractivity contribution in [3.8, 4) is 11.1 Å². The van der Waals surface area contributed by atoms with E-state index in [1.54, 1.807) is 26.0 Å². The summed E-state index contributed by atoms with van der Waals surface area (Å²) in [5.74, 6) is -0.521. The Labute approximate surface area is 159 Å². The Morgan fingerprint density at radius 3 is 2.35 bits per heavy atom. The zero-order valence-electron chi connectivity index (χ0n) is 14.7. The van der Waals surface area contributed by atoms with Crippen LogP contribution in [0.15, 0.2) is 16.6 Å². The lowest BCUT2D eigenvalue weighted by Gasteiger charge is -2.16. The van der Waals surface area contributed by atoms with Crippen LogP contribution in [0.5, 0.6) is 0 Å². The molecule has 6 N–H and O–H groups in total. The van der Waals surface area contributed by atoms with Gasteiger partial charge in [-0.1, -0.05) is 12.1 Å². The minimum absolute atomic E-state index is 0.129. The fourth-order valence-electron chi connectivity index (χ4n) is 2.87. The van der Waals surface area contributed by atoms with E-state index in [-0.39, 0.29) is 38.2 Å². The van der Waals surface area contributed by atoms with Crippen LogP contribution < -0.4 is 5.73 Å². The van der Waals surface area contributed by atoms with Crippen LogP contribution in [0, 0.1) is 0 Å². The third-order valence-electron chi connectivity index (χ3n) is 4.05. The van der Waals surface area contributed by atoms with Crippen molar-refractivity contribution in [2.24, 2.45) is 5.73 Å². The van der Waals surface area contributed by atoms with Crippen LogP contribution in [0.25, 0.3) is 11.1 Å². The Morgan fingerprint density at radius 2 is 1.85 bits per heavy atom. The average Bonchev–Trinajstić information content (AvgIpc) is 2.95. The molecular weight excluding hydrogens is 404 g/mol. The first kappa shape index (κ1) is 20.6. The summed E-state index contributed by atoms with van der Waals surface area (Å²) in [4.78, 5) is 15.3. The number of aromatic amines is 1. The van der Waals surface area contributed by atoms with Crippen LogP contribution in [0.4, 0.5) is 0 Å². The van der Waals surface area contributed by atoms with Crippen LogP contribution in [0.3, 0.4) is 0 Å². The number of nitrogens with one attached hydrogen (secondary N) is 1. The van der Waals surface area contributed by atoms with Crippen molar-refractivity contribution < 1.29 is 24.9 Å². The smallest absolute Gasteiger partial charge is 0.356 e. The summed E-state index contributed by atoms with van der Waals surface area (Å²) in [7, 11) is 0. The van der Waals surface area contributed by atoms with Crippen LogP contribution >= 0.6 is 15.9 Å². The van der Waals surface area contributed by atoms with Crippen LogP contribution in [-0.2, 0) is 31.1 Å². The van der Waals surface area contributed by atoms with E-state index in [0.29, 0.717) is 38.0 Å². The number of carbonyl (C=O) groups is 1. The molecule has 2 rings (SSSR count). The lowest BCUT2D eigenvalue weighted by atomic mass is 9.92. The van der Waals surface area contributed by atoms with Crippen LogP contribution in [0.1, 0.15) is 46.7 Å². The summed E-state index contributed by atoms with van der Waals surface area (Å²) in [5, 5.41) is 29.0. The van der Waals surface area contributed by atoms with Gasteiger partial charge in [-0.15, -0.1) is 0 Å². The molecule has 0 bridgehead atoms. The lowest BCUT2D eigenvalue weighted by Crippen LogP contribution is -2.12. The second kappa shape index (κ2) is 8.79. The SMILES string of the molecule is CC(C)OC(=O)c1[nH]c(CN)c(-c2ccc(CO)c(CO)c2CO)c1Br. The van der Waals surface area contributed by atoms with E-state index in [0.717, 1.165) is 0 Å². The maximum atomic E-state index is 12.3. The topological polar surface area (TPSA) is 129 Å². The Bertz CT molecular complexity index is 801. The number of aromatic nitrogens is 1. The first-order chi connectivity index (χ1) is 12.4. The van der Waals surface area contributed by atoms with Gasteiger partial charge in [0.25, 0.3) is 0 Å². The number of aliphatic hydroxyl groups is 3. The van der Waals surface area contributed by atoms with E-state index in [9.17, 15) is 20.1 Å². The summed E-state index contributed by atoms with van der Waals surface area (Å²) < 4.78 is 5.71. The fraction of sp³-hybridized carbons (Fsp3) is 0.389.